The number of aryl methyl sites for hydroxylation is 1. The molecule has 0 aliphatic rings. The zero-order valence-corrected chi connectivity index (χ0v) is 14.4. The van der Waals surface area contributed by atoms with E-state index in [4.69, 9.17) is 4.74 Å². The molecule has 0 radical (unpaired) electrons. The second kappa shape index (κ2) is 7.83. The number of hydrogen-bond acceptors (Lipinski definition) is 4. The molecule has 2 rings (SSSR count). The number of carbonyl (C=O) groups is 1. The number of ether oxygens (including phenoxy) is 1. The standard InChI is InChI=1S/C17H20N2O4S/c1-13-5-3-8-16(9-13)23-12-17(20)18-11-14-6-4-7-15(10-14)19-24(2,21)22/h3-10,19H,11-12H2,1-2H3,(H,18,20). The van der Waals surface area contributed by atoms with Gasteiger partial charge in [-0.2, -0.15) is 0 Å². The summed E-state index contributed by atoms with van der Waals surface area (Å²) >= 11 is 0. The zero-order chi connectivity index (χ0) is 17.6. The molecule has 0 saturated carbocycles. The van der Waals surface area contributed by atoms with Gasteiger partial charge in [-0.05, 0) is 42.3 Å². The molecule has 6 nitrogen and oxygen atoms in total. The minimum atomic E-state index is -3.33. The van der Waals surface area contributed by atoms with Crippen LogP contribution in [0.1, 0.15) is 11.1 Å². The lowest BCUT2D eigenvalue weighted by molar-refractivity contribution is -0.123. The highest BCUT2D eigenvalue weighted by Gasteiger charge is 2.05. The van der Waals surface area contributed by atoms with Gasteiger partial charge in [0, 0.05) is 12.2 Å². The number of carbonyl (C=O) groups excluding carboxylic acids is 1. The first-order valence-electron chi connectivity index (χ1n) is 7.35. The van der Waals surface area contributed by atoms with Gasteiger partial charge in [0.2, 0.25) is 10.0 Å². The van der Waals surface area contributed by atoms with E-state index in [9.17, 15) is 13.2 Å². The first kappa shape index (κ1) is 17.8. The fraction of sp³-hybridized carbons (Fsp3) is 0.235. The van der Waals surface area contributed by atoms with Gasteiger partial charge < -0.3 is 10.1 Å². The van der Waals surface area contributed by atoms with E-state index in [1.165, 1.54) is 0 Å². The molecule has 1 amide bonds. The van der Waals surface area contributed by atoms with Gasteiger partial charge in [0.15, 0.2) is 6.61 Å². The largest absolute Gasteiger partial charge is 0.484 e. The van der Waals surface area contributed by atoms with E-state index < -0.39 is 10.0 Å². The smallest absolute Gasteiger partial charge is 0.258 e. The SMILES string of the molecule is Cc1cccc(OCC(=O)NCc2cccc(NS(C)(=O)=O)c2)c1. The monoisotopic (exact) mass is 348 g/mol. The molecular formula is C17H20N2O4S. The second-order valence-electron chi connectivity index (χ2n) is 5.46. The molecule has 0 atom stereocenters. The number of anilines is 1. The van der Waals surface area contributed by atoms with Crippen molar-refractivity contribution in [3.63, 3.8) is 0 Å². The Morgan fingerprint density at radius 1 is 1.12 bits per heavy atom. The Balaban J connectivity index is 1.84. The Bertz CT molecular complexity index is 819. The van der Waals surface area contributed by atoms with Gasteiger partial charge in [-0.3, -0.25) is 9.52 Å². The average Bonchev–Trinajstić information content (AvgIpc) is 2.50. The molecule has 2 N–H and O–H groups in total. The highest BCUT2D eigenvalue weighted by atomic mass is 32.2. The van der Waals surface area contributed by atoms with Crippen molar-refractivity contribution in [2.24, 2.45) is 0 Å². The van der Waals surface area contributed by atoms with Gasteiger partial charge in [0.1, 0.15) is 5.75 Å². The average molecular weight is 348 g/mol. The van der Waals surface area contributed by atoms with Crippen LogP contribution in [0.15, 0.2) is 48.5 Å². The fourth-order valence-corrected chi connectivity index (χ4v) is 2.62. The molecular weight excluding hydrogens is 328 g/mol. The second-order valence-corrected chi connectivity index (χ2v) is 7.20. The lowest BCUT2D eigenvalue weighted by atomic mass is 10.2. The highest BCUT2D eigenvalue weighted by molar-refractivity contribution is 7.92. The van der Waals surface area contributed by atoms with Crippen LogP contribution in [0.2, 0.25) is 0 Å². The van der Waals surface area contributed by atoms with Crippen LogP contribution in [0.4, 0.5) is 5.69 Å². The molecule has 7 heteroatoms. The van der Waals surface area contributed by atoms with E-state index in [0.29, 0.717) is 11.4 Å². The van der Waals surface area contributed by atoms with Crippen LogP contribution in [0.25, 0.3) is 0 Å². The maximum Gasteiger partial charge on any atom is 0.258 e. The molecule has 0 aliphatic heterocycles. The summed E-state index contributed by atoms with van der Waals surface area (Å²) < 4.78 is 30.3. The normalized spacial score (nSPS) is 10.9. The summed E-state index contributed by atoms with van der Waals surface area (Å²) in [4.78, 5) is 11.8. The molecule has 0 aliphatic carbocycles. The van der Waals surface area contributed by atoms with Crippen LogP contribution >= 0.6 is 0 Å². The van der Waals surface area contributed by atoms with E-state index >= 15 is 0 Å². The number of benzene rings is 2. The van der Waals surface area contributed by atoms with Crippen molar-refractivity contribution in [2.75, 3.05) is 17.6 Å². The highest BCUT2D eigenvalue weighted by Crippen LogP contribution is 2.13. The summed E-state index contributed by atoms with van der Waals surface area (Å²) in [5.41, 5.74) is 2.30. The minimum absolute atomic E-state index is 0.0786. The molecule has 0 unspecified atom stereocenters. The van der Waals surface area contributed by atoms with Crippen molar-refractivity contribution in [3.05, 3.63) is 59.7 Å². The van der Waals surface area contributed by atoms with Gasteiger partial charge in [-0.15, -0.1) is 0 Å². The summed E-state index contributed by atoms with van der Waals surface area (Å²) in [6, 6.07) is 14.3. The summed E-state index contributed by atoms with van der Waals surface area (Å²) in [6.45, 7) is 2.16. The number of hydrogen-bond donors (Lipinski definition) is 2. The van der Waals surface area contributed by atoms with E-state index in [1.807, 2.05) is 25.1 Å². The Kier molecular flexibility index (Phi) is 5.81. The van der Waals surface area contributed by atoms with Gasteiger partial charge in [-0.25, -0.2) is 8.42 Å². The molecule has 0 aromatic heterocycles. The summed E-state index contributed by atoms with van der Waals surface area (Å²) in [5.74, 6) is 0.391. The molecule has 2 aromatic rings. The van der Waals surface area contributed by atoms with E-state index in [0.717, 1.165) is 17.4 Å². The van der Waals surface area contributed by atoms with Crippen LogP contribution in [0.3, 0.4) is 0 Å². The first-order chi connectivity index (χ1) is 11.3. The molecule has 0 bridgehead atoms. The maximum atomic E-state index is 11.8. The number of rotatable bonds is 7. The van der Waals surface area contributed by atoms with Crippen LogP contribution in [0, 0.1) is 6.92 Å². The Morgan fingerprint density at radius 2 is 1.88 bits per heavy atom. The van der Waals surface area contributed by atoms with Crippen LogP contribution < -0.4 is 14.8 Å². The molecule has 2 aromatic carbocycles. The predicted octanol–water partition coefficient (Wildman–Crippen LogP) is 2.06. The first-order valence-corrected chi connectivity index (χ1v) is 9.24. The van der Waals surface area contributed by atoms with Gasteiger partial charge in [0.05, 0.1) is 6.26 Å². The summed E-state index contributed by atoms with van der Waals surface area (Å²) in [5, 5.41) is 2.73. The number of amides is 1. The third-order valence-corrected chi connectivity index (χ3v) is 3.69. The van der Waals surface area contributed by atoms with Crippen molar-refractivity contribution in [2.45, 2.75) is 13.5 Å². The summed E-state index contributed by atoms with van der Waals surface area (Å²) in [6.07, 6.45) is 1.09. The molecule has 0 saturated heterocycles. The Morgan fingerprint density at radius 3 is 2.58 bits per heavy atom. The Hall–Kier alpha value is -2.54. The molecule has 128 valence electrons. The topological polar surface area (TPSA) is 84.5 Å². The Labute approximate surface area is 141 Å². The van der Waals surface area contributed by atoms with Crippen molar-refractivity contribution in [1.29, 1.82) is 0 Å². The summed E-state index contributed by atoms with van der Waals surface area (Å²) in [7, 11) is -3.33. The van der Waals surface area contributed by atoms with Crippen LogP contribution in [0.5, 0.6) is 5.75 Å². The lowest BCUT2D eigenvalue weighted by Gasteiger charge is -2.09. The van der Waals surface area contributed by atoms with E-state index in [-0.39, 0.29) is 19.1 Å². The lowest BCUT2D eigenvalue weighted by Crippen LogP contribution is -2.28. The van der Waals surface area contributed by atoms with Gasteiger partial charge in [-0.1, -0.05) is 24.3 Å². The fourth-order valence-electron chi connectivity index (χ4n) is 2.06. The third-order valence-electron chi connectivity index (χ3n) is 3.08. The molecule has 0 heterocycles. The van der Waals surface area contributed by atoms with E-state index in [1.54, 1.807) is 30.3 Å². The van der Waals surface area contributed by atoms with Gasteiger partial charge >= 0.3 is 0 Å². The maximum absolute atomic E-state index is 11.8. The molecule has 0 fully saturated rings. The molecule has 0 spiro atoms. The number of nitrogens with one attached hydrogen (secondary N) is 2. The number of sulfonamides is 1. The predicted molar refractivity (Wildman–Crippen MR) is 93.4 cm³/mol. The van der Waals surface area contributed by atoms with Crippen molar-refractivity contribution in [3.8, 4) is 5.75 Å². The minimum Gasteiger partial charge on any atom is -0.484 e. The van der Waals surface area contributed by atoms with Crippen LogP contribution in [-0.4, -0.2) is 27.2 Å². The molecule has 24 heavy (non-hydrogen) atoms. The zero-order valence-electron chi connectivity index (χ0n) is 13.6. The third kappa shape index (κ3) is 6.29. The van der Waals surface area contributed by atoms with Gasteiger partial charge in [0.25, 0.3) is 5.91 Å². The van der Waals surface area contributed by atoms with Crippen molar-refractivity contribution < 1.29 is 17.9 Å². The quantitative estimate of drug-likeness (QED) is 0.802. The van der Waals surface area contributed by atoms with Crippen molar-refractivity contribution >= 4 is 21.6 Å². The van der Waals surface area contributed by atoms with Crippen LogP contribution in [-0.2, 0) is 21.4 Å². The van der Waals surface area contributed by atoms with E-state index in [2.05, 4.69) is 10.0 Å². The van der Waals surface area contributed by atoms with Crippen molar-refractivity contribution in [1.82, 2.24) is 5.32 Å².